The predicted molar refractivity (Wildman–Crippen MR) is 213 cm³/mol. The van der Waals surface area contributed by atoms with E-state index in [1.54, 1.807) is 23.5 Å². The van der Waals surface area contributed by atoms with Crippen LogP contribution in [-0.2, 0) is 0 Å². The van der Waals surface area contributed by atoms with E-state index in [0.29, 0.717) is 34.0 Å². The van der Waals surface area contributed by atoms with Crippen LogP contribution in [-0.4, -0.2) is 9.97 Å². The van der Waals surface area contributed by atoms with E-state index in [1.165, 1.54) is 21.2 Å². The van der Waals surface area contributed by atoms with Crippen LogP contribution in [0, 0.1) is 0 Å². The molecule has 0 saturated carbocycles. The second kappa shape index (κ2) is 12.2. The van der Waals surface area contributed by atoms with Crippen molar-refractivity contribution in [2.75, 3.05) is 9.80 Å². The van der Waals surface area contributed by atoms with Gasteiger partial charge in [0.2, 0.25) is 11.8 Å². The Morgan fingerprint density at radius 2 is 0.942 bits per heavy atom. The number of allylic oxidation sites excluding steroid dienone is 2. The van der Waals surface area contributed by atoms with Gasteiger partial charge in [0.25, 0.3) is 0 Å². The maximum atomic E-state index is 6.29. The highest BCUT2D eigenvalue weighted by atomic mass is 32.2. The minimum atomic E-state index is 0.533. The van der Waals surface area contributed by atoms with E-state index in [0.717, 1.165) is 43.7 Å². The van der Waals surface area contributed by atoms with Crippen LogP contribution in [0.3, 0.4) is 0 Å². The zero-order chi connectivity index (χ0) is 34.8. The summed E-state index contributed by atoms with van der Waals surface area (Å²) in [6, 6.07) is 45.7. The molecule has 0 aliphatic carbocycles. The quantitative estimate of drug-likeness (QED) is 0.169. The van der Waals surface area contributed by atoms with Crippen molar-refractivity contribution >= 4 is 74.2 Å². The van der Waals surface area contributed by atoms with Crippen LogP contribution >= 0.6 is 23.5 Å². The van der Waals surface area contributed by atoms with Crippen molar-refractivity contribution in [2.45, 2.75) is 14.7 Å². The van der Waals surface area contributed by atoms with Crippen LogP contribution in [0.2, 0.25) is 0 Å². The number of hydrogen-bond acceptors (Lipinski definition) is 8. The third kappa shape index (κ3) is 4.98. The minimum Gasteiger partial charge on any atom is -0.436 e. The van der Waals surface area contributed by atoms with Gasteiger partial charge in [0.15, 0.2) is 11.2 Å². The molecule has 0 bridgehead atoms. The second-order valence-corrected chi connectivity index (χ2v) is 14.5. The van der Waals surface area contributed by atoms with E-state index in [-0.39, 0.29) is 0 Å². The van der Waals surface area contributed by atoms with Gasteiger partial charge in [0.05, 0.1) is 22.8 Å². The van der Waals surface area contributed by atoms with Crippen LogP contribution in [0.5, 0.6) is 0 Å². The molecule has 248 valence electrons. The van der Waals surface area contributed by atoms with Crippen molar-refractivity contribution in [1.82, 2.24) is 9.97 Å². The van der Waals surface area contributed by atoms with Crippen molar-refractivity contribution in [3.8, 4) is 22.9 Å². The van der Waals surface area contributed by atoms with Gasteiger partial charge in [-0.05, 0) is 91.0 Å². The molecule has 0 N–H and O–H groups in total. The Morgan fingerprint density at radius 3 is 1.42 bits per heavy atom. The van der Waals surface area contributed by atoms with Gasteiger partial charge in [0, 0.05) is 54.2 Å². The van der Waals surface area contributed by atoms with Gasteiger partial charge >= 0.3 is 0 Å². The van der Waals surface area contributed by atoms with Crippen molar-refractivity contribution in [3.05, 3.63) is 169 Å². The van der Waals surface area contributed by atoms with Crippen molar-refractivity contribution in [2.24, 2.45) is 0 Å². The predicted octanol–water partition coefficient (Wildman–Crippen LogP) is 13.1. The first-order chi connectivity index (χ1) is 25.6. The summed E-state index contributed by atoms with van der Waals surface area (Å²) in [6.07, 6.45) is 3.77. The van der Waals surface area contributed by atoms with Gasteiger partial charge < -0.3 is 18.6 Å². The average molecular weight is 709 g/mol. The molecule has 2 aliphatic rings. The lowest BCUT2D eigenvalue weighted by atomic mass is 10.1. The molecule has 2 aromatic heterocycles. The molecular formula is C44H28N4O2S2. The fraction of sp³-hybridized carbons (Fsp3) is 0. The lowest BCUT2D eigenvalue weighted by Crippen LogP contribution is -2.19. The minimum absolute atomic E-state index is 0.533. The van der Waals surface area contributed by atoms with E-state index in [2.05, 4.69) is 132 Å². The largest absolute Gasteiger partial charge is 0.436 e. The van der Waals surface area contributed by atoms with Crippen molar-refractivity contribution in [3.63, 3.8) is 0 Å². The highest BCUT2D eigenvalue weighted by molar-refractivity contribution is 8.03. The Bertz CT molecular complexity index is 2650. The Labute approximate surface area is 308 Å². The number of aromatic nitrogens is 2. The summed E-state index contributed by atoms with van der Waals surface area (Å²) in [5, 5.41) is 0. The number of nitrogens with zero attached hydrogens (tertiary/aromatic N) is 4. The number of benzene rings is 6. The van der Waals surface area contributed by atoms with E-state index >= 15 is 0 Å². The molecule has 6 aromatic carbocycles. The van der Waals surface area contributed by atoms with Gasteiger partial charge in [0.1, 0.15) is 11.0 Å². The third-order valence-electron chi connectivity index (χ3n) is 9.27. The molecule has 0 atom stereocenters. The van der Waals surface area contributed by atoms with E-state index < -0.39 is 0 Å². The molecule has 10 rings (SSSR count). The number of oxazole rings is 2. The Kier molecular flexibility index (Phi) is 7.19. The summed E-state index contributed by atoms with van der Waals surface area (Å²) in [4.78, 5) is 18.9. The third-order valence-corrected chi connectivity index (χ3v) is 11.6. The molecule has 0 radical (unpaired) electrons. The number of fused-ring (bicyclic) bond motifs is 5. The Hall–Kier alpha value is -6.22. The molecule has 0 fully saturated rings. The molecule has 8 aromatic rings. The average Bonchev–Trinajstić information content (AvgIpc) is 3.81. The summed E-state index contributed by atoms with van der Waals surface area (Å²) in [7, 11) is 0. The van der Waals surface area contributed by atoms with Crippen molar-refractivity contribution < 1.29 is 8.83 Å². The Balaban J connectivity index is 0.937. The zero-order valence-electron chi connectivity index (χ0n) is 27.7. The molecular weight excluding hydrogens is 681 g/mol. The number of anilines is 5. The second-order valence-electron chi connectivity index (χ2n) is 12.4. The topological polar surface area (TPSA) is 58.5 Å². The smallest absolute Gasteiger partial charge is 0.227 e. The molecule has 0 amide bonds. The monoisotopic (exact) mass is 708 g/mol. The summed E-state index contributed by atoms with van der Waals surface area (Å²) in [5.74, 6) is 1.08. The fourth-order valence-electron chi connectivity index (χ4n) is 6.84. The first-order valence-corrected chi connectivity index (χ1v) is 18.4. The molecule has 0 spiro atoms. The SMILES string of the molecule is C=CC1=C(C=C)N(c2ccc(-c3nc4cc5oc(-c6ccc(N7c8ccccc8Sc8ccccc87)cc6)nc5cc4o3)cc2)c2ccccc2S1. The van der Waals surface area contributed by atoms with Crippen LogP contribution < -0.4 is 9.80 Å². The number of para-hydroxylation sites is 3. The van der Waals surface area contributed by atoms with Gasteiger partial charge in [-0.2, -0.15) is 0 Å². The fourth-order valence-corrected chi connectivity index (χ4v) is 8.91. The standard InChI is InChI=1S/C44H28N4O2S2/c1-3-33-39(4-2)51-40-14-8-5-11-34(40)47(33)29-21-17-27(18-22-29)43-45-31-25-38-32(26-37(31)49-43)46-44(50-38)28-19-23-30(24-20-28)48-35-12-6-9-15-41(35)52-42-16-10-7-13-36(42)48/h3-26H,1-2H2. The van der Waals surface area contributed by atoms with E-state index in [4.69, 9.17) is 18.8 Å². The molecule has 0 saturated heterocycles. The molecule has 2 aliphatic heterocycles. The summed E-state index contributed by atoms with van der Waals surface area (Å²) >= 11 is 3.50. The molecule has 52 heavy (non-hydrogen) atoms. The van der Waals surface area contributed by atoms with Crippen LogP contribution in [0.15, 0.2) is 193 Å². The maximum Gasteiger partial charge on any atom is 0.227 e. The highest BCUT2D eigenvalue weighted by Gasteiger charge is 2.26. The van der Waals surface area contributed by atoms with Gasteiger partial charge in [-0.1, -0.05) is 79.2 Å². The summed E-state index contributed by atoms with van der Waals surface area (Å²) in [5.41, 5.74) is 11.0. The first kappa shape index (κ1) is 30.6. The number of rotatable bonds is 6. The van der Waals surface area contributed by atoms with Crippen LogP contribution in [0.25, 0.3) is 45.1 Å². The van der Waals surface area contributed by atoms with Gasteiger partial charge in [-0.15, -0.1) is 0 Å². The van der Waals surface area contributed by atoms with Gasteiger partial charge in [-0.3, -0.25) is 0 Å². The van der Waals surface area contributed by atoms with E-state index in [1.807, 2.05) is 36.4 Å². The lowest BCUT2D eigenvalue weighted by Gasteiger charge is -2.33. The number of hydrogen-bond donors (Lipinski definition) is 0. The summed E-state index contributed by atoms with van der Waals surface area (Å²) < 4.78 is 12.6. The van der Waals surface area contributed by atoms with Crippen LogP contribution in [0.1, 0.15) is 0 Å². The highest BCUT2D eigenvalue weighted by Crippen LogP contribution is 2.51. The summed E-state index contributed by atoms with van der Waals surface area (Å²) in [6.45, 7) is 8.13. The van der Waals surface area contributed by atoms with Crippen LogP contribution in [0.4, 0.5) is 28.4 Å². The normalized spacial score (nSPS) is 13.6. The number of thioether (sulfide) groups is 1. The van der Waals surface area contributed by atoms with Crippen molar-refractivity contribution in [1.29, 1.82) is 0 Å². The molecule has 8 heteroatoms. The molecule has 4 heterocycles. The zero-order valence-corrected chi connectivity index (χ0v) is 29.3. The molecule has 0 unspecified atom stereocenters. The van der Waals surface area contributed by atoms with E-state index in [9.17, 15) is 0 Å². The molecule has 6 nitrogen and oxygen atoms in total. The maximum absolute atomic E-state index is 6.29. The lowest BCUT2D eigenvalue weighted by molar-refractivity contribution is 0.618. The Morgan fingerprint density at radius 1 is 0.500 bits per heavy atom. The first-order valence-electron chi connectivity index (χ1n) is 16.8. The van der Waals surface area contributed by atoms with Gasteiger partial charge in [-0.25, -0.2) is 9.97 Å².